The average Bonchev–Trinajstić information content (AvgIpc) is 3.55. The molecule has 3 aromatic rings. The van der Waals surface area contributed by atoms with Crippen LogP contribution in [0, 0.1) is 11.6 Å². The average molecular weight is 445 g/mol. The summed E-state index contributed by atoms with van der Waals surface area (Å²) < 4.78 is 29.9. The van der Waals surface area contributed by atoms with Crippen molar-refractivity contribution in [3.63, 3.8) is 0 Å². The van der Waals surface area contributed by atoms with E-state index in [2.05, 4.69) is 21.4 Å². The van der Waals surface area contributed by atoms with Gasteiger partial charge in [0.15, 0.2) is 5.82 Å². The number of piperazine rings is 1. The number of benzene rings is 2. The topological polar surface area (TPSA) is 72.7 Å². The van der Waals surface area contributed by atoms with Crippen LogP contribution in [0.1, 0.15) is 6.42 Å². The molecule has 0 amide bonds. The molecule has 3 atom stereocenters. The van der Waals surface area contributed by atoms with Crippen LogP contribution >= 0.6 is 11.6 Å². The molecule has 5 rings (SSSR count). The molecule has 3 unspecified atom stereocenters. The molecule has 1 saturated carbocycles. The number of hydrogen-bond donors (Lipinski definition) is 2. The van der Waals surface area contributed by atoms with Gasteiger partial charge >= 0.3 is 0 Å². The highest BCUT2D eigenvalue weighted by Gasteiger charge is 2.51. The molecule has 0 bridgehead atoms. The maximum absolute atomic E-state index is 15.5. The third-order valence-electron chi connectivity index (χ3n) is 6.01. The predicted octanol–water partition coefficient (Wildman–Crippen LogP) is 3.70. The van der Waals surface area contributed by atoms with Crippen LogP contribution in [-0.4, -0.2) is 56.5 Å². The Morgan fingerprint density at radius 1 is 1.19 bits per heavy atom. The number of aromatic hydroxyl groups is 1. The zero-order valence-corrected chi connectivity index (χ0v) is 17.1. The number of halogens is 3. The van der Waals surface area contributed by atoms with Gasteiger partial charge < -0.3 is 15.1 Å². The molecule has 2 fully saturated rings. The van der Waals surface area contributed by atoms with Gasteiger partial charge in [-0.2, -0.15) is 0 Å². The van der Waals surface area contributed by atoms with Crippen molar-refractivity contribution >= 4 is 28.3 Å². The van der Waals surface area contributed by atoms with Crippen LogP contribution in [0.25, 0.3) is 22.0 Å². The van der Waals surface area contributed by atoms with Gasteiger partial charge in [-0.15, -0.1) is 0 Å². The summed E-state index contributed by atoms with van der Waals surface area (Å²) in [6.45, 7) is 4.82. The molecule has 1 saturated heterocycles. The molecular weight excluding hydrogens is 426 g/mol. The molecule has 9 heteroatoms. The molecule has 1 aliphatic carbocycles. The van der Waals surface area contributed by atoms with Crippen LogP contribution in [0.2, 0.25) is 5.02 Å². The van der Waals surface area contributed by atoms with E-state index in [9.17, 15) is 14.6 Å². The first-order valence-electron chi connectivity index (χ1n) is 9.86. The maximum atomic E-state index is 15.5. The standard InChI is InChI=1S/C22H19ClF2N4O2/c1-2-17(31)28-6-7-29(15-9-14(15)28)22-11-8-12(23)18(20(25)21(11)26-10-27-22)19-13(24)4-3-5-16(19)30/h2-5,8,10,14-15,17,30-31H,1,6-7,9H2. The van der Waals surface area contributed by atoms with E-state index in [4.69, 9.17) is 11.6 Å². The number of anilines is 1. The van der Waals surface area contributed by atoms with Crippen molar-refractivity contribution in [1.29, 1.82) is 0 Å². The molecule has 160 valence electrons. The van der Waals surface area contributed by atoms with E-state index in [0.717, 1.165) is 12.5 Å². The minimum absolute atomic E-state index is 0.00203. The second kappa shape index (κ2) is 7.40. The van der Waals surface area contributed by atoms with Gasteiger partial charge in [0.2, 0.25) is 0 Å². The van der Waals surface area contributed by atoms with E-state index >= 15 is 4.39 Å². The van der Waals surface area contributed by atoms with E-state index in [-0.39, 0.29) is 33.7 Å². The number of rotatable bonds is 4. The highest BCUT2D eigenvalue weighted by atomic mass is 35.5. The van der Waals surface area contributed by atoms with Gasteiger partial charge in [0.05, 0.1) is 10.6 Å². The summed E-state index contributed by atoms with van der Waals surface area (Å²) in [6.07, 6.45) is 2.90. The van der Waals surface area contributed by atoms with Crippen LogP contribution in [0.15, 0.2) is 43.2 Å². The Labute approximate surface area is 182 Å². The van der Waals surface area contributed by atoms with E-state index in [1.807, 2.05) is 4.90 Å². The van der Waals surface area contributed by atoms with Gasteiger partial charge in [-0.25, -0.2) is 18.7 Å². The summed E-state index contributed by atoms with van der Waals surface area (Å²) >= 11 is 6.38. The van der Waals surface area contributed by atoms with Crippen molar-refractivity contribution < 1.29 is 19.0 Å². The van der Waals surface area contributed by atoms with Crippen molar-refractivity contribution in [1.82, 2.24) is 14.9 Å². The highest BCUT2D eigenvalue weighted by Crippen LogP contribution is 2.45. The SMILES string of the molecule is C=CC(O)N1CCN(c2ncnc3c(F)c(-c4c(O)cccc4F)c(Cl)cc23)C2CC21. The van der Waals surface area contributed by atoms with E-state index in [1.165, 1.54) is 30.6 Å². The number of aromatic nitrogens is 2. The Morgan fingerprint density at radius 3 is 2.74 bits per heavy atom. The number of aliphatic hydroxyl groups is 1. The van der Waals surface area contributed by atoms with Gasteiger partial charge in [0, 0.05) is 36.1 Å². The number of fused-ring (bicyclic) bond motifs is 2. The van der Waals surface area contributed by atoms with E-state index in [1.54, 1.807) is 0 Å². The molecular formula is C22H19ClF2N4O2. The summed E-state index contributed by atoms with van der Waals surface area (Å²) in [5.41, 5.74) is -0.545. The minimum Gasteiger partial charge on any atom is -0.507 e. The van der Waals surface area contributed by atoms with Crippen molar-refractivity contribution in [2.45, 2.75) is 24.7 Å². The molecule has 2 heterocycles. The molecule has 0 spiro atoms. The normalized spacial score (nSPS) is 21.7. The molecule has 2 N–H and O–H groups in total. The Balaban J connectivity index is 1.60. The second-order valence-electron chi connectivity index (χ2n) is 7.73. The predicted molar refractivity (Wildman–Crippen MR) is 114 cm³/mol. The lowest BCUT2D eigenvalue weighted by Crippen LogP contribution is -2.50. The van der Waals surface area contributed by atoms with E-state index < -0.39 is 23.6 Å². The molecule has 0 radical (unpaired) electrons. The van der Waals surface area contributed by atoms with Crippen molar-refractivity contribution in [3.8, 4) is 16.9 Å². The lowest BCUT2D eigenvalue weighted by atomic mass is 10.0. The summed E-state index contributed by atoms with van der Waals surface area (Å²) in [7, 11) is 0. The van der Waals surface area contributed by atoms with Crippen molar-refractivity contribution in [2.75, 3.05) is 18.0 Å². The first-order valence-corrected chi connectivity index (χ1v) is 10.2. The van der Waals surface area contributed by atoms with Gasteiger partial charge in [0.1, 0.15) is 35.5 Å². The van der Waals surface area contributed by atoms with Gasteiger partial charge in [0.25, 0.3) is 0 Å². The fourth-order valence-corrected chi connectivity index (χ4v) is 4.76. The highest BCUT2D eigenvalue weighted by molar-refractivity contribution is 6.34. The fraction of sp³-hybridized carbons (Fsp3) is 0.273. The third-order valence-corrected chi connectivity index (χ3v) is 6.31. The van der Waals surface area contributed by atoms with Gasteiger partial charge in [-0.3, -0.25) is 4.90 Å². The van der Waals surface area contributed by atoms with Crippen molar-refractivity contribution in [3.05, 3.63) is 59.9 Å². The van der Waals surface area contributed by atoms with Crippen LogP contribution < -0.4 is 4.90 Å². The number of nitrogens with zero attached hydrogens (tertiary/aromatic N) is 4. The summed E-state index contributed by atoms with van der Waals surface area (Å²) in [5.74, 6) is -1.48. The lowest BCUT2D eigenvalue weighted by Gasteiger charge is -2.36. The van der Waals surface area contributed by atoms with Gasteiger partial charge in [-0.1, -0.05) is 24.2 Å². The monoisotopic (exact) mass is 444 g/mol. The smallest absolute Gasteiger partial charge is 0.159 e. The minimum atomic E-state index is -0.820. The third kappa shape index (κ3) is 3.13. The molecule has 2 aliphatic rings. The van der Waals surface area contributed by atoms with E-state index in [0.29, 0.717) is 24.3 Å². The van der Waals surface area contributed by atoms with Crippen LogP contribution in [0.4, 0.5) is 14.6 Å². The van der Waals surface area contributed by atoms with Crippen LogP contribution in [0.3, 0.4) is 0 Å². The maximum Gasteiger partial charge on any atom is 0.159 e. The lowest BCUT2D eigenvalue weighted by molar-refractivity contribution is 0.0295. The number of phenols is 1. The van der Waals surface area contributed by atoms with Crippen LogP contribution in [-0.2, 0) is 0 Å². The van der Waals surface area contributed by atoms with Crippen molar-refractivity contribution in [2.24, 2.45) is 0 Å². The quantitative estimate of drug-likeness (QED) is 0.598. The zero-order valence-electron chi connectivity index (χ0n) is 16.3. The number of hydrogen-bond acceptors (Lipinski definition) is 6. The zero-order chi connectivity index (χ0) is 21.9. The molecule has 31 heavy (non-hydrogen) atoms. The first kappa shape index (κ1) is 20.1. The largest absolute Gasteiger partial charge is 0.507 e. The number of phenolic OH excluding ortho intramolecular Hbond substituents is 1. The Bertz CT molecular complexity index is 1190. The Hall–Kier alpha value is -2.81. The summed E-state index contributed by atoms with van der Waals surface area (Å²) in [4.78, 5) is 12.5. The Kier molecular flexibility index (Phi) is 4.80. The summed E-state index contributed by atoms with van der Waals surface area (Å²) in [5, 5.41) is 20.6. The first-order chi connectivity index (χ1) is 14.9. The Morgan fingerprint density at radius 2 is 2.00 bits per heavy atom. The molecule has 1 aromatic heterocycles. The molecule has 2 aromatic carbocycles. The molecule has 6 nitrogen and oxygen atoms in total. The number of aliphatic hydroxyl groups excluding tert-OH is 1. The van der Waals surface area contributed by atoms with Gasteiger partial charge in [-0.05, 0) is 30.7 Å². The second-order valence-corrected chi connectivity index (χ2v) is 8.13. The van der Waals surface area contributed by atoms with Crippen LogP contribution in [0.5, 0.6) is 5.75 Å². The molecule has 1 aliphatic heterocycles. The summed E-state index contributed by atoms with van der Waals surface area (Å²) in [6, 6.07) is 5.52. The fourth-order valence-electron chi connectivity index (χ4n) is 4.48.